The van der Waals surface area contributed by atoms with Crippen LogP contribution in [0.3, 0.4) is 0 Å². The average Bonchev–Trinajstić information content (AvgIpc) is 3.21. The number of likely N-dealkylation sites (N-methyl/N-ethyl adjacent to an activating group) is 1. The second-order valence-electron chi connectivity index (χ2n) is 5.68. The van der Waals surface area contributed by atoms with Gasteiger partial charge in [0.05, 0.1) is 12.2 Å². The van der Waals surface area contributed by atoms with Gasteiger partial charge in [0.1, 0.15) is 16.6 Å². The summed E-state index contributed by atoms with van der Waals surface area (Å²) in [5.41, 5.74) is 0.511. The zero-order chi connectivity index (χ0) is 19.7. The van der Waals surface area contributed by atoms with Crippen molar-refractivity contribution in [2.75, 3.05) is 38.1 Å². The topological polar surface area (TPSA) is 87.7 Å². The summed E-state index contributed by atoms with van der Waals surface area (Å²) in [7, 11) is -3.67. The lowest BCUT2D eigenvalue weighted by atomic mass is 10.3. The zero-order valence-corrected chi connectivity index (χ0v) is 17.1. The third-order valence-electron chi connectivity index (χ3n) is 3.90. The van der Waals surface area contributed by atoms with E-state index in [1.165, 1.54) is 6.07 Å². The fraction of sp³-hybridized carbons (Fsp3) is 0.389. The van der Waals surface area contributed by atoms with Crippen molar-refractivity contribution in [3.8, 4) is 5.75 Å². The predicted octanol–water partition coefficient (Wildman–Crippen LogP) is 2.39. The lowest BCUT2D eigenvalue weighted by molar-refractivity contribution is -0.115. The smallest absolute Gasteiger partial charge is 0.250 e. The van der Waals surface area contributed by atoms with Crippen LogP contribution in [0, 0.1) is 0 Å². The average molecular weight is 412 g/mol. The van der Waals surface area contributed by atoms with Gasteiger partial charge in [-0.25, -0.2) is 13.1 Å². The molecule has 0 fully saturated rings. The Morgan fingerprint density at radius 1 is 1.15 bits per heavy atom. The quantitative estimate of drug-likeness (QED) is 0.593. The van der Waals surface area contributed by atoms with Gasteiger partial charge in [0.15, 0.2) is 0 Å². The first-order valence-corrected chi connectivity index (χ1v) is 11.1. The molecule has 0 unspecified atom stereocenters. The molecule has 0 radical (unpaired) electrons. The number of amides is 1. The van der Waals surface area contributed by atoms with E-state index in [2.05, 4.69) is 28.8 Å². The monoisotopic (exact) mass is 411 g/mol. The minimum Gasteiger partial charge on any atom is -0.490 e. The van der Waals surface area contributed by atoms with E-state index >= 15 is 0 Å². The number of hydrogen-bond donors (Lipinski definition) is 2. The van der Waals surface area contributed by atoms with Crippen LogP contribution in [-0.2, 0) is 14.8 Å². The molecule has 9 heteroatoms. The van der Waals surface area contributed by atoms with E-state index in [0.29, 0.717) is 18.0 Å². The van der Waals surface area contributed by atoms with E-state index < -0.39 is 15.9 Å². The van der Waals surface area contributed by atoms with Crippen molar-refractivity contribution in [1.29, 1.82) is 0 Å². The molecule has 0 saturated carbocycles. The van der Waals surface area contributed by atoms with Crippen LogP contribution in [0.15, 0.2) is 46.0 Å². The maximum absolute atomic E-state index is 12.2. The highest BCUT2D eigenvalue weighted by molar-refractivity contribution is 7.91. The van der Waals surface area contributed by atoms with Gasteiger partial charge in [0.25, 0.3) is 10.0 Å². The number of benzene rings is 1. The van der Waals surface area contributed by atoms with Crippen LogP contribution in [-0.4, -0.2) is 52.0 Å². The highest BCUT2D eigenvalue weighted by Gasteiger charge is 2.17. The molecule has 0 bridgehead atoms. The van der Waals surface area contributed by atoms with Crippen molar-refractivity contribution < 1.29 is 17.9 Å². The highest BCUT2D eigenvalue weighted by Crippen LogP contribution is 2.23. The van der Waals surface area contributed by atoms with Crippen LogP contribution in [0.2, 0.25) is 0 Å². The van der Waals surface area contributed by atoms with Crippen molar-refractivity contribution in [3.63, 3.8) is 0 Å². The summed E-state index contributed by atoms with van der Waals surface area (Å²) in [6.07, 6.45) is 0. The standard InChI is InChI=1S/C18H25N3O4S2/c1-3-21(4-2)11-12-25-16-9-6-5-8-15(16)20-17(22)14-19-27(23,24)18-10-7-13-26-18/h5-10,13,19H,3-4,11-12,14H2,1-2H3,(H,20,22). The highest BCUT2D eigenvalue weighted by atomic mass is 32.2. The van der Waals surface area contributed by atoms with Gasteiger partial charge in [-0.15, -0.1) is 11.3 Å². The minimum atomic E-state index is -3.67. The number of para-hydroxylation sites is 2. The predicted molar refractivity (Wildman–Crippen MR) is 108 cm³/mol. The molecule has 2 N–H and O–H groups in total. The number of carbonyl (C=O) groups excluding carboxylic acids is 1. The van der Waals surface area contributed by atoms with Gasteiger partial charge in [-0.1, -0.05) is 32.0 Å². The van der Waals surface area contributed by atoms with Gasteiger partial charge in [0.2, 0.25) is 5.91 Å². The van der Waals surface area contributed by atoms with Crippen molar-refractivity contribution >= 4 is 33.0 Å². The largest absolute Gasteiger partial charge is 0.490 e. The Hall–Kier alpha value is -1.94. The molecular formula is C18H25N3O4S2. The Kier molecular flexibility index (Phi) is 8.23. The minimum absolute atomic E-state index is 0.176. The number of carbonyl (C=O) groups is 1. The maximum Gasteiger partial charge on any atom is 0.250 e. The molecule has 0 aliphatic rings. The lowest BCUT2D eigenvalue weighted by Crippen LogP contribution is -2.32. The first-order valence-electron chi connectivity index (χ1n) is 8.73. The molecule has 1 aromatic carbocycles. The molecule has 7 nitrogen and oxygen atoms in total. The Morgan fingerprint density at radius 3 is 2.56 bits per heavy atom. The third kappa shape index (κ3) is 6.62. The summed E-state index contributed by atoms with van der Waals surface area (Å²) >= 11 is 1.10. The molecule has 1 aromatic heterocycles. The number of ether oxygens (including phenoxy) is 1. The van der Waals surface area contributed by atoms with Crippen LogP contribution in [0.1, 0.15) is 13.8 Å². The molecular weight excluding hydrogens is 386 g/mol. The Bertz CT molecular complexity index is 819. The molecule has 0 aliphatic heterocycles. The second kappa shape index (κ2) is 10.4. The van der Waals surface area contributed by atoms with E-state index in [1.807, 2.05) is 6.07 Å². The normalized spacial score (nSPS) is 11.5. The molecule has 2 aromatic rings. The molecule has 1 amide bonds. The molecule has 0 atom stereocenters. The van der Waals surface area contributed by atoms with Gasteiger partial charge >= 0.3 is 0 Å². The van der Waals surface area contributed by atoms with E-state index in [1.54, 1.807) is 29.6 Å². The number of rotatable bonds is 11. The van der Waals surface area contributed by atoms with Crippen LogP contribution in [0.4, 0.5) is 5.69 Å². The first-order chi connectivity index (χ1) is 13.0. The summed E-state index contributed by atoms with van der Waals surface area (Å²) in [6.45, 7) is 7.01. The summed E-state index contributed by atoms with van der Waals surface area (Å²) < 4.78 is 32.4. The second-order valence-corrected chi connectivity index (χ2v) is 8.62. The van der Waals surface area contributed by atoms with E-state index in [-0.39, 0.29) is 10.8 Å². The summed E-state index contributed by atoms with van der Waals surface area (Å²) in [5.74, 6) is 0.0917. The summed E-state index contributed by atoms with van der Waals surface area (Å²) in [6, 6.07) is 10.2. The van der Waals surface area contributed by atoms with Gasteiger partial charge in [0, 0.05) is 6.54 Å². The van der Waals surface area contributed by atoms with E-state index in [9.17, 15) is 13.2 Å². The SMILES string of the molecule is CCN(CC)CCOc1ccccc1NC(=O)CNS(=O)(=O)c1cccs1. The number of hydrogen-bond acceptors (Lipinski definition) is 6. The van der Waals surface area contributed by atoms with Crippen LogP contribution in [0.5, 0.6) is 5.75 Å². The van der Waals surface area contributed by atoms with E-state index in [0.717, 1.165) is 31.0 Å². The first kappa shape index (κ1) is 21.4. The fourth-order valence-corrected chi connectivity index (χ4v) is 4.38. The van der Waals surface area contributed by atoms with E-state index in [4.69, 9.17) is 4.74 Å². The lowest BCUT2D eigenvalue weighted by Gasteiger charge is -2.19. The Morgan fingerprint density at radius 2 is 1.89 bits per heavy atom. The molecule has 0 spiro atoms. The number of nitrogens with zero attached hydrogens (tertiary/aromatic N) is 1. The Balaban J connectivity index is 1.90. The zero-order valence-electron chi connectivity index (χ0n) is 15.5. The molecule has 148 valence electrons. The number of sulfonamides is 1. The molecule has 0 saturated heterocycles. The Labute approximate surface area is 164 Å². The number of nitrogens with one attached hydrogen (secondary N) is 2. The molecule has 2 rings (SSSR count). The molecule has 27 heavy (non-hydrogen) atoms. The molecule has 0 aliphatic carbocycles. The molecule has 1 heterocycles. The van der Waals surface area contributed by atoms with Gasteiger partial charge in [-0.2, -0.15) is 0 Å². The summed E-state index contributed by atoms with van der Waals surface area (Å²) in [5, 5.41) is 4.36. The van der Waals surface area contributed by atoms with Crippen molar-refractivity contribution in [2.24, 2.45) is 0 Å². The van der Waals surface area contributed by atoms with Crippen molar-refractivity contribution in [2.45, 2.75) is 18.1 Å². The van der Waals surface area contributed by atoms with Crippen LogP contribution in [0.25, 0.3) is 0 Å². The van der Waals surface area contributed by atoms with Gasteiger partial charge < -0.3 is 15.0 Å². The van der Waals surface area contributed by atoms with Gasteiger partial charge in [-0.05, 0) is 36.7 Å². The number of thiophene rings is 1. The van der Waals surface area contributed by atoms with Gasteiger partial charge in [-0.3, -0.25) is 4.79 Å². The number of anilines is 1. The van der Waals surface area contributed by atoms with Crippen LogP contribution < -0.4 is 14.8 Å². The fourth-order valence-electron chi connectivity index (χ4n) is 2.36. The van der Waals surface area contributed by atoms with Crippen molar-refractivity contribution in [3.05, 3.63) is 41.8 Å². The summed E-state index contributed by atoms with van der Waals surface area (Å²) in [4.78, 5) is 14.4. The van der Waals surface area contributed by atoms with Crippen LogP contribution >= 0.6 is 11.3 Å². The third-order valence-corrected chi connectivity index (χ3v) is 6.70. The maximum atomic E-state index is 12.2. The van der Waals surface area contributed by atoms with Crippen molar-refractivity contribution in [1.82, 2.24) is 9.62 Å².